The van der Waals surface area contributed by atoms with Gasteiger partial charge in [0, 0.05) is 18.6 Å². The van der Waals surface area contributed by atoms with Gasteiger partial charge < -0.3 is 0 Å². The van der Waals surface area contributed by atoms with Gasteiger partial charge in [0.15, 0.2) is 0 Å². The van der Waals surface area contributed by atoms with Gasteiger partial charge in [-0.1, -0.05) is 44.2 Å². The highest BCUT2D eigenvalue weighted by Gasteiger charge is 2.30. The summed E-state index contributed by atoms with van der Waals surface area (Å²) < 4.78 is 0. The van der Waals surface area contributed by atoms with Crippen molar-refractivity contribution in [3.8, 4) is 0 Å². The molecule has 3 heteroatoms. The minimum Gasteiger partial charge on any atom is -0.273 e. The second-order valence-electron chi connectivity index (χ2n) is 4.45. The minimum atomic E-state index is 0.0384. The van der Waals surface area contributed by atoms with Crippen LogP contribution in [0.25, 0.3) is 0 Å². The first kappa shape index (κ1) is 11.8. The van der Waals surface area contributed by atoms with Gasteiger partial charge in [-0.3, -0.25) is 4.79 Å². The zero-order valence-corrected chi connectivity index (χ0v) is 10.3. The summed E-state index contributed by atoms with van der Waals surface area (Å²) in [6, 6.07) is 10.2. The molecule has 1 aromatic rings. The van der Waals surface area contributed by atoms with E-state index in [2.05, 4.69) is 17.2 Å². The summed E-state index contributed by atoms with van der Waals surface area (Å²) in [5, 5.41) is 5.86. The van der Waals surface area contributed by atoms with Gasteiger partial charge >= 0.3 is 0 Å². The van der Waals surface area contributed by atoms with Crippen molar-refractivity contribution in [3.63, 3.8) is 0 Å². The Hall–Kier alpha value is -1.64. The molecule has 17 heavy (non-hydrogen) atoms. The number of carbonyl (C=O) groups excluding carboxylic acids is 1. The molecule has 0 saturated carbocycles. The normalized spacial score (nSPS) is 20.6. The molecule has 0 radical (unpaired) electrons. The number of rotatable bonds is 3. The van der Waals surface area contributed by atoms with E-state index in [1.165, 1.54) is 0 Å². The van der Waals surface area contributed by atoms with Gasteiger partial charge in [0.2, 0.25) is 5.91 Å². The van der Waals surface area contributed by atoms with Gasteiger partial charge in [-0.2, -0.15) is 5.10 Å². The smallest absolute Gasteiger partial charge is 0.246 e. The maximum absolute atomic E-state index is 12.2. The average Bonchev–Trinajstić information content (AvgIpc) is 2.87. The molecular weight excluding hydrogens is 212 g/mol. The quantitative estimate of drug-likeness (QED) is 0.785. The number of benzene rings is 1. The maximum atomic E-state index is 12.2. The molecule has 1 amide bonds. The fraction of sp³-hybridized carbons (Fsp3) is 0.429. The van der Waals surface area contributed by atoms with E-state index in [4.69, 9.17) is 0 Å². The third-order valence-electron chi connectivity index (χ3n) is 3.27. The van der Waals surface area contributed by atoms with Gasteiger partial charge in [-0.25, -0.2) is 5.01 Å². The second kappa shape index (κ2) is 5.13. The Labute approximate surface area is 102 Å². The van der Waals surface area contributed by atoms with Crippen molar-refractivity contribution in [2.75, 3.05) is 0 Å². The molecule has 1 aliphatic heterocycles. The largest absolute Gasteiger partial charge is 0.273 e. The van der Waals surface area contributed by atoms with Crippen LogP contribution in [0, 0.1) is 5.92 Å². The molecule has 2 unspecified atom stereocenters. The van der Waals surface area contributed by atoms with Gasteiger partial charge in [0.1, 0.15) is 0 Å². The van der Waals surface area contributed by atoms with Gasteiger partial charge in [0.25, 0.3) is 0 Å². The number of nitrogens with zero attached hydrogens (tertiary/aromatic N) is 2. The molecule has 0 aliphatic carbocycles. The highest BCUT2D eigenvalue weighted by Crippen LogP contribution is 2.29. The lowest BCUT2D eigenvalue weighted by Crippen LogP contribution is -2.31. The average molecular weight is 230 g/mol. The number of hydrogen-bond donors (Lipinski definition) is 0. The Kier molecular flexibility index (Phi) is 3.57. The maximum Gasteiger partial charge on any atom is 0.246 e. The Morgan fingerprint density at radius 1 is 1.47 bits per heavy atom. The van der Waals surface area contributed by atoms with E-state index >= 15 is 0 Å². The highest BCUT2D eigenvalue weighted by atomic mass is 16.2. The summed E-state index contributed by atoms with van der Waals surface area (Å²) in [4.78, 5) is 12.2. The number of carbonyl (C=O) groups is 1. The summed E-state index contributed by atoms with van der Waals surface area (Å²) in [6.45, 7) is 3.98. The minimum absolute atomic E-state index is 0.0384. The van der Waals surface area contributed by atoms with E-state index in [-0.39, 0.29) is 17.9 Å². The number of hydrogen-bond acceptors (Lipinski definition) is 2. The molecule has 0 N–H and O–H groups in total. The zero-order chi connectivity index (χ0) is 12.3. The van der Waals surface area contributed by atoms with Gasteiger partial charge in [-0.05, 0) is 12.0 Å². The van der Waals surface area contributed by atoms with Crippen molar-refractivity contribution in [2.45, 2.75) is 32.7 Å². The van der Waals surface area contributed by atoms with Crippen molar-refractivity contribution >= 4 is 12.1 Å². The third kappa shape index (κ3) is 2.38. The van der Waals surface area contributed by atoms with Crippen molar-refractivity contribution in [3.05, 3.63) is 35.9 Å². The van der Waals surface area contributed by atoms with Crippen LogP contribution in [0.4, 0.5) is 0 Å². The van der Waals surface area contributed by atoms with Crippen LogP contribution in [0.1, 0.15) is 38.3 Å². The van der Waals surface area contributed by atoms with Crippen LogP contribution in [0.15, 0.2) is 35.4 Å². The summed E-state index contributed by atoms with van der Waals surface area (Å²) in [5.41, 5.74) is 1.15. The van der Waals surface area contributed by atoms with E-state index in [1.54, 1.807) is 5.01 Å². The predicted octanol–water partition coefficient (Wildman–Crippen LogP) is 2.99. The third-order valence-corrected chi connectivity index (χ3v) is 3.27. The van der Waals surface area contributed by atoms with E-state index < -0.39 is 0 Å². The molecule has 2 atom stereocenters. The molecule has 3 nitrogen and oxygen atoms in total. The standard InChI is InChI=1S/C14H18N2O/c1-3-11(2)14(17)16-13(9-10-15-16)12-7-5-4-6-8-12/h4-8,10-11,13H,3,9H2,1-2H3. The topological polar surface area (TPSA) is 32.7 Å². The number of amides is 1. The lowest BCUT2D eigenvalue weighted by atomic mass is 10.0. The highest BCUT2D eigenvalue weighted by molar-refractivity contribution is 5.81. The van der Waals surface area contributed by atoms with E-state index in [0.29, 0.717) is 0 Å². The Morgan fingerprint density at radius 2 is 2.18 bits per heavy atom. The first-order valence-electron chi connectivity index (χ1n) is 6.14. The van der Waals surface area contributed by atoms with Crippen LogP contribution < -0.4 is 0 Å². The molecule has 1 heterocycles. The Bertz CT molecular complexity index is 413. The van der Waals surface area contributed by atoms with Crippen molar-refractivity contribution in [2.24, 2.45) is 11.0 Å². The molecule has 1 aromatic carbocycles. The van der Waals surface area contributed by atoms with Crippen LogP contribution >= 0.6 is 0 Å². The van der Waals surface area contributed by atoms with Crippen LogP contribution in [0.3, 0.4) is 0 Å². The summed E-state index contributed by atoms with van der Waals surface area (Å²) in [7, 11) is 0. The van der Waals surface area contributed by atoms with Crippen molar-refractivity contribution in [1.29, 1.82) is 0 Å². The van der Waals surface area contributed by atoms with Crippen molar-refractivity contribution < 1.29 is 4.79 Å². The first-order valence-corrected chi connectivity index (χ1v) is 6.14. The van der Waals surface area contributed by atoms with Crippen molar-refractivity contribution in [1.82, 2.24) is 5.01 Å². The van der Waals surface area contributed by atoms with Gasteiger partial charge in [-0.15, -0.1) is 0 Å². The molecule has 0 bridgehead atoms. The number of hydrazone groups is 1. The molecular formula is C14H18N2O. The fourth-order valence-corrected chi connectivity index (χ4v) is 1.98. The first-order chi connectivity index (χ1) is 8.24. The molecule has 0 aromatic heterocycles. The molecule has 0 spiro atoms. The van der Waals surface area contributed by atoms with Crippen LogP contribution in [0.2, 0.25) is 0 Å². The van der Waals surface area contributed by atoms with E-state index in [1.807, 2.05) is 38.3 Å². The lowest BCUT2D eigenvalue weighted by molar-refractivity contribution is -0.136. The lowest BCUT2D eigenvalue weighted by Gasteiger charge is -2.24. The van der Waals surface area contributed by atoms with E-state index in [9.17, 15) is 4.79 Å². The van der Waals surface area contributed by atoms with E-state index in [0.717, 1.165) is 18.4 Å². The van der Waals surface area contributed by atoms with Crippen LogP contribution in [-0.4, -0.2) is 17.1 Å². The zero-order valence-electron chi connectivity index (χ0n) is 10.3. The molecule has 0 fully saturated rings. The molecule has 2 rings (SSSR count). The SMILES string of the molecule is CCC(C)C(=O)N1N=CCC1c1ccccc1. The summed E-state index contributed by atoms with van der Waals surface area (Å²) >= 11 is 0. The molecule has 1 aliphatic rings. The fourth-order valence-electron chi connectivity index (χ4n) is 1.98. The molecule has 90 valence electrons. The predicted molar refractivity (Wildman–Crippen MR) is 68.6 cm³/mol. The summed E-state index contributed by atoms with van der Waals surface area (Å²) in [6.07, 6.45) is 3.50. The Morgan fingerprint density at radius 3 is 2.82 bits per heavy atom. The summed E-state index contributed by atoms with van der Waals surface area (Å²) in [5.74, 6) is 0.159. The Balaban J connectivity index is 2.18. The van der Waals surface area contributed by atoms with Crippen LogP contribution in [-0.2, 0) is 4.79 Å². The van der Waals surface area contributed by atoms with Crippen LogP contribution in [0.5, 0.6) is 0 Å². The monoisotopic (exact) mass is 230 g/mol. The van der Waals surface area contributed by atoms with Gasteiger partial charge in [0.05, 0.1) is 6.04 Å². The molecule has 0 saturated heterocycles. The second-order valence-corrected chi connectivity index (χ2v) is 4.45.